The van der Waals surface area contributed by atoms with Crippen molar-refractivity contribution in [3.05, 3.63) is 53.1 Å². The molecule has 0 saturated carbocycles. The van der Waals surface area contributed by atoms with Crippen molar-refractivity contribution in [2.75, 3.05) is 18.5 Å². The Bertz CT molecular complexity index is 1130. The van der Waals surface area contributed by atoms with E-state index in [4.69, 9.17) is 9.84 Å². The second kappa shape index (κ2) is 10.6. The molecule has 0 fully saturated rings. The molecule has 7 nitrogen and oxygen atoms in total. The summed E-state index contributed by atoms with van der Waals surface area (Å²) in [5.74, 6) is -3.07. The van der Waals surface area contributed by atoms with Gasteiger partial charge in [0.05, 0.1) is 21.1 Å². The van der Waals surface area contributed by atoms with Crippen LogP contribution in [0.1, 0.15) is 36.9 Å². The number of carboxylic acids is 1. The zero-order valence-corrected chi connectivity index (χ0v) is 21.3. The van der Waals surface area contributed by atoms with E-state index in [1.165, 1.54) is 4.90 Å². The van der Waals surface area contributed by atoms with E-state index in [1.807, 2.05) is 26.6 Å². The summed E-state index contributed by atoms with van der Waals surface area (Å²) >= 11 is 0. The molecule has 2 aromatic rings. The summed E-state index contributed by atoms with van der Waals surface area (Å²) < 4.78 is 35.0. The average molecular weight is 505 g/mol. The van der Waals surface area contributed by atoms with Gasteiger partial charge in [-0.1, -0.05) is 25.7 Å². The molecule has 10 heteroatoms. The van der Waals surface area contributed by atoms with Crippen LogP contribution >= 0.6 is 0 Å². The first-order valence-corrected chi connectivity index (χ1v) is 15.0. The summed E-state index contributed by atoms with van der Waals surface area (Å²) in [6, 6.07) is 6.28. The molecule has 2 N–H and O–H groups in total. The fourth-order valence-electron chi connectivity index (χ4n) is 4.34. The molecule has 3 rings (SSSR count). The lowest BCUT2D eigenvalue weighted by atomic mass is 9.91. The van der Waals surface area contributed by atoms with Crippen molar-refractivity contribution in [3.63, 3.8) is 0 Å². The van der Waals surface area contributed by atoms with E-state index in [0.717, 1.165) is 17.7 Å². The Morgan fingerprint density at radius 1 is 1.11 bits per heavy atom. The number of anilines is 1. The minimum absolute atomic E-state index is 0.0486. The van der Waals surface area contributed by atoms with Crippen LogP contribution in [-0.4, -0.2) is 49.0 Å². The molecular formula is C25H30F2N2O5Si. The average Bonchev–Trinajstić information content (AvgIpc) is 2.75. The smallest absolute Gasteiger partial charge is 0.303 e. The maximum atomic E-state index is 14.7. The predicted octanol–water partition coefficient (Wildman–Crippen LogP) is 3.84. The minimum atomic E-state index is -2.30. The van der Waals surface area contributed by atoms with Gasteiger partial charge in [0.2, 0.25) is 5.91 Å². The first-order chi connectivity index (χ1) is 16.4. The third-order valence-electron chi connectivity index (χ3n) is 5.83. The van der Waals surface area contributed by atoms with E-state index in [-0.39, 0.29) is 30.3 Å². The number of rotatable bonds is 8. The molecule has 0 unspecified atom stereocenters. The number of nitrogens with one attached hydrogen (secondary N) is 1. The van der Waals surface area contributed by atoms with Gasteiger partial charge in [-0.15, -0.1) is 0 Å². The fourth-order valence-corrected chi connectivity index (χ4v) is 5.92. The maximum absolute atomic E-state index is 14.7. The van der Waals surface area contributed by atoms with Gasteiger partial charge >= 0.3 is 5.97 Å². The predicted molar refractivity (Wildman–Crippen MR) is 131 cm³/mol. The lowest BCUT2D eigenvalue weighted by Crippen LogP contribution is -2.45. The molecule has 0 aromatic heterocycles. The van der Waals surface area contributed by atoms with Gasteiger partial charge in [0.15, 0.2) is 0 Å². The number of aliphatic carboxylic acids is 1. The van der Waals surface area contributed by atoms with Gasteiger partial charge in [-0.2, -0.15) is 0 Å². The molecule has 1 aliphatic heterocycles. The van der Waals surface area contributed by atoms with Crippen LogP contribution in [0.25, 0.3) is 0 Å². The van der Waals surface area contributed by atoms with Crippen molar-refractivity contribution >= 4 is 36.7 Å². The Hall–Kier alpha value is -3.27. The van der Waals surface area contributed by atoms with Crippen LogP contribution in [0, 0.1) is 11.6 Å². The molecular weight excluding hydrogens is 474 g/mol. The number of fused-ring (bicyclic) bond motifs is 1. The zero-order valence-electron chi connectivity index (χ0n) is 20.3. The number of hydrogen-bond acceptors (Lipinski definition) is 4. The molecule has 2 amide bonds. The molecule has 35 heavy (non-hydrogen) atoms. The topological polar surface area (TPSA) is 95.9 Å². The molecule has 1 heterocycles. The van der Waals surface area contributed by atoms with Gasteiger partial charge in [-0.05, 0) is 48.7 Å². The number of nitrogens with zero attached hydrogens (tertiary/aromatic N) is 1. The van der Waals surface area contributed by atoms with Gasteiger partial charge in [0.1, 0.15) is 23.4 Å². The third-order valence-corrected chi connectivity index (χ3v) is 7.81. The highest BCUT2D eigenvalue weighted by molar-refractivity contribution is 6.88. The quantitative estimate of drug-likeness (QED) is 0.533. The molecule has 0 radical (unpaired) electrons. The highest BCUT2D eigenvalue weighted by atomic mass is 28.3. The fraction of sp³-hybridized carbons (Fsp3) is 0.400. The SMILES string of the molecule is CCOc1ccc2c(c1)CCN(C(=O)CCC(=O)O)[C@H]2C(=O)Nc1cc(F)c([Si](C)(C)C)c(F)c1. The van der Waals surface area contributed by atoms with Gasteiger partial charge in [0.25, 0.3) is 5.91 Å². The summed E-state index contributed by atoms with van der Waals surface area (Å²) in [7, 11) is -2.30. The second-order valence-corrected chi connectivity index (χ2v) is 14.5. The van der Waals surface area contributed by atoms with Crippen molar-refractivity contribution in [1.29, 1.82) is 0 Å². The number of carbonyl (C=O) groups excluding carboxylic acids is 2. The van der Waals surface area contributed by atoms with Crippen molar-refractivity contribution in [2.24, 2.45) is 0 Å². The van der Waals surface area contributed by atoms with Crippen molar-refractivity contribution in [1.82, 2.24) is 4.90 Å². The number of ether oxygens (including phenoxy) is 1. The number of hydrogen-bond donors (Lipinski definition) is 2. The second-order valence-electron chi connectivity index (χ2n) is 9.48. The van der Waals surface area contributed by atoms with Crippen LogP contribution in [0.5, 0.6) is 5.75 Å². The van der Waals surface area contributed by atoms with Gasteiger partial charge in [-0.25, -0.2) is 8.78 Å². The summed E-state index contributed by atoms with van der Waals surface area (Å²) in [6.45, 7) is 7.97. The Kier molecular flexibility index (Phi) is 7.94. The van der Waals surface area contributed by atoms with Crippen molar-refractivity contribution < 1.29 is 33.0 Å². The van der Waals surface area contributed by atoms with Crippen LogP contribution in [0.2, 0.25) is 19.6 Å². The number of benzene rings is 2. The van der Waals surface area contributed by atoms with Crippen molar-refractivity contribution in [3.8, 4) is 5.75 Å². The third kappa shape index (κ3) is 6.05. The Labute approximate surface area is 204 Å². The zero-order chi connectivity index (χ0) is 25.9. The molecule has 188 valence electrons. The largest absolute Gasteiger partial charge is 0.494 e. The Morgan fingerprint density at radius 2 is 1.77 bits per heavy atom. The van der Waals surface area contributed by atoms with E-state index in [2.05, 4.69) is 5.32 Å². The van der Waals surface area contributed by atoms with E-state index in [9.17, 15) is 23.2 Å². The number of carbonyl (C=O) groups is 3. The van der Waals surface area contributed by atoms with Crippen LogP contribution in [-0.2, 0) is 20.8 Å². The number of amides is 2. The lowest BCUT2D eigenvalue weighted by Gasteiger charge is -2.36. The van der Waals surface area contributed by atoms with E-state index in [1.54, 1.807) is 18.2 Å². The molecule has 1 aliphatic rings. The number of carboxylic acid groups (broad SMARTS) is 1. The Balaban J connectivity index is 1.96. The monoisotopic (exact) mass is 504 g/mol. The van der Waals surface area contributed by atoms with Crippen molar-refractivity contribution in [2.45, 2.75) is 51.9 Å². The first-order valence-electron chi connectivity index (χ1n) is 11.5. The highest BCUT2D eigenvalue weighted by Gasteiger charge is 2.36. The first kappa shape index (κ1) is 26.3. The van der Waals surface area contributed by atoms with Crippen LogP contribution < -0.4 is 15.2 Å². The highest BCUT2D eigenvalue weighted by Crippen LogP contribution is 2.34. The van der Waals surface area contributed by atoms with E-state index < -0.39 is 43.5 Å². The molecule has 2 aromatic carbocycles. The molecule has 0 spiro atoms. The van der Waals surface area contributed by atoms with Crippen LogP contribution in [0.4, 0.5) is 14.5 Å². The number of halogens is 2. The van der Waals surface area contributed by atoms with Crippen LogP contribution in [0.3, 0.4) is 0 Å². The summed E-state index contributed by atoms with van der Waals surface area (Å²) in [5.41, 5.74) is 1.31. The van der Waals surface area contributed by atoms with Gasteiger partial charge < -0.3 is 20.1 Å². The normalized spacial score (nSPS) is 15.4. The standard InChI is InChI=1S/C25H30F2N2O5Si/c1-5-34-17-6-7-18-15(12-17)10-11-29(21(30)8-9-22(31)32)23(18)25(33)28-16-13-19(26)24(20(27)14-16)35(2,3)4/h6-7,12-14,23H,5,8-11H2,1-4H3,(H,28,33)(H,31,32)/t23-/m1/s1. The minimum Gasteiger partial charge on any atom is -0.494 e. The van der Waals surface area contributed by atoms with Gasteiger partial charge in [-0.3, -0.25) is 14.4 Å². The molecule has 0 saturated heterocycles. The maximum Gasteiger partial charge on any atom is 0.303 e. The molecule has 0 aliphatic carbocycles. The van der Waals surface area contributed by atoms with E-state index in [0.29, 0.717) is 24.3 Å². The summed E-state index contributed by atoms with van der Waals surface area (Å²) in [5, 5.41) is 11.6. The summed E-state index contributed by atoms with van der Waals surface area (Å²) in [6.07, 6.45) is -0.180. The molecule has 1 atom stereocenters. The summed E-state index contributed by atoms with van der Waals surface area (Å²) in [4.78, 5) is 38.6. The van der Waals surface area contributed by atoms with E-state index >= 15 is 0 Å². The van der Waals surface area contributed by atoms with Gasteiger partial charge in [0, 0.05) is 23.8 Å². The Morgan fingerprint density at radius 3 is 2.34 bits per heavy atom. The van der Waals surface area contributed by atoms with Crippen LogP contribution in [0.15, 0.2) is 30.3 Å². The molecule has 0 bridgehead atoms. The lowest BCUT2D eigenvalue weighted by molar-refractivity contribution is -0.143.